The zero-order valence-electron chi connectivity index (χ0n) is 10.9. The lowest BCUT2D eigenvalue weighted by molar-refractivity contribution is -0.126. The van der Waals surface area contributed by atoms with E-state index >= 15 is 0 Å². The predicted octanol–water partition coefficient (Wildman–Crippen LogP) is 0.838. The molecule has 0 radical (unpaired) electrons. The molecule has 5 nitrogen and oxygen atoms in total. The molecule has 0 heterocycles. The topological polar surface area (TPSA) is 67.4 Å². The standard InChI is InChI=1S/C14H18N2O3/c1-19-12-4-2-3-10(7-12)8-15-13(17)9-16-14(18)11-5-6-11/h2-4,7,11H,5-6,8-9H2,1H3,(H,15,17)(H,16,18). The maximum absolute atomic E-state index is 11.6. The number of amides is 2. The summed E-state index contributed by atoms with van der Waals surface area (Å²) in [6.45, 7) is 0.467. The molecule has 0 spiro atoms. The van der Waals surface area contributed by atoms with Gasteiger partial charge in [-0.25, -0.2) is 0 Å². The highest BCUT2D eigenvalue weighted by Gasteiger charge is 2.29. The van der Waals surface area contributed by atoms with Crippen LogP contribution in [-0.2, 0) is 16.1 Å². The van der Waals surface area contributed by atoms with Crippen molar-refractivity contribution in [1.29, 1.82) is 0 Å². The molecule has 102 valence electrons. The van der Waals surface area contributed by atoms with Crippen molar-refractivity contribution in [3.05, 3.63) is 29.8 Å². The summed E-state index contributed by atoms with van der Waals surface area (Å²) >= 11 is 0. The summed E-state index contributed by atoms with van der Waals surface area (Å²) in [5, 5.41) is 5.38. The van der Waals surface area contributed by atoms with Gasteiger partial charge in [-0.1, -0.05) is 12.1 Å². The Morgan fingerprint density at radius 2 is 2.11 bits per heavy atom. The minimum absolute atomic E-state index is 0.0171. The van der Waals surface area contributed by atoms with E-state index in [9.17, 15) is 9.59 Å². The summed E-state index contributed by atoms with van der Waals surface area (Å²) in [7, 11) is 1.60. The van der Waals surface area contributed by atoms with Crippen LogP contribution >= 0.6 is 0 Å². The second-order valence-electron chi connectivity index (χ2n) is 4.62. The smallest absolute Gasteiger partial charge is 0.239 e. The van der Waals surface area contributed by atoms with Gasteiger partial charge in [0, 0.05) is 12.5 Å². The van der Waals surface area contributed by atoms with Crippen LogP contribution in [0.3, 0.4) is 0 Å². The zero-order chi connectivity index (χ0) is 13.7. The summed E-state index contributed by atoms with van der Waals surface area (Å²) in [5.41, 5.74) is 0.959. The van der Waals surface area contributed by atoms with Crippen LogP contribution in [0.5, 0.6) is 5.75 Å². The number of benzene rings is 1. The van der Waals surface area contributed by atoms with Gasteiger partial charge in [-0.3, -0.25) is 9.59 Å². The highest BCUT2D eigenvalue weighted by Crippen LogP contribution is 2.28. The number of nitrogens with one attached hydrogen (secondary N) is 2. The van der Waals surface area contributed by atoms with Gasteiger partial charge in [0.25, 0.3) is 0 Å². The normalized spacial score (nSPS) is 13.7. The zero-order valence-corrected chi connectivity index (χ0v) is 10.9. The Morgan fingerprint density at radius 1 is 1.32 bits per heavy atom. The molecular weight excluding hydrogens is 244 g/mol. The first-order valence-corrected chi connectivity index (χ1v) is 6.36. The van der Waals surface area contributed by atoms with E-state index in [1.54, 1.807) is 7.11 Å². The van der Waals surface area contributed by atoms with Gasteiger partial charge >= 0.3 is 0 Å². The second kappa shape index (κ2) is 6.22. The number of ether oxygens (including phenoxy) is 1. The molecule has 0 bridgehead atoms. The number of hydrogen-bond acceptors (Lipinski definition) is 3. The fourth-order valence-electron chi connectivity index (χ4n) is 1.70. The lowest BCUT2D eigenvalue weighted by atomic mass is 10.2. The molecule has 5 heteroatoms. The van der Waals surface area contributed by atoms with Crippen LogP contribution in [0.4, 0.5) is 0 Å². The van der Waals surface area contributed by atoms with Crippen molar-refractivity contribution in [2.75, 3.05) is 13.7 Å². The molecule has 0 aromatic heterocycles. The minimum Gasteiger partial charge on any atom is -0.497 e. The van der Waals surface area contributed by atoms with E-state index in [-0.39, 0.29) is 24.3 Å². The third kappa shape index (κ3) is 4.28. The van der Waals surface area contributed by atoms with Gasteiger partial charge in [0.1, 0.15) is 5.75 Å². The average molecular weight is 262 g/mol. The monoisotopic (exact) mass is 262 g/mol. The van der Waals surface area contributed by atoms with Gasteiger partial charge in [-0.05, 0) is 30.5 Å². The molecule has 1 saturated carbocycles. The Morgan fingerprint density at radius 3 is 2.79 bits per heavy atom. The van der Waals surface area contributed by atoms with E-state index < -0.39 is 0 Å². The minimum atomic E-state index is -0.184. The van der Waals surface area contributed by atoms with Crippen LogP contribution in [0, 0.1) is 5.92 Å². The van der Waals surface area contributed by atoms with E-state index in [1.165, 1.54) is 0 Å². The quantitative estimate of drug-likeness (QED) is 0.798. The van der Waals surface area contributed by atoms with Crippen LogP contribution in [0.25, 0.3) is 0 Å². The van der Waals surface area contributed by atoms with Crippen LogP contribution in [0.15, 0.2) is 24.3 Å². The van der Waals surface area contributed by atoms with Gasteiger partial charge < -0.3 is 15.4 Å². The highest BCUT2D eigenvalue weighted by atomic mass is 16.5. The van der Waals surface area contributed by atoms with Crippen LogP contribution in [-0.4, -0.2) is 25.5 Å². The first kappa shape index (κ1) is 13.4. The lowest BCUT2D eigenvalue weighted by Gasteiger charge is -2.07. The van der Waals surface area contributed by atoms with Gasteiger partial charge in [0.15, 0.2) is 0 Å². The number of carbonyl (C=O) groups excluding carboxylic acids is 2. The van der Waals surface area contributed by atoms with Gasteiger partial charge in [0.2, 0.25) is 11.8 Å². The van der Waals surface area contributed by atoms with E-state index in [1.807, 2.05) is 24.3 Å². The first-order valence-electron chi connectivity index (χ1n) is 6.36. The second-order valence-corrected chi connectivity index (χ2v) is 4.62. The number of hydrogen-bond donors (Lipinski definition) is 2. The fraction of sp³-hybridized carbons (Fsp3) is 0.429. The lowest BCUT2D eigenvalue weighted by Crippen LogP contribution is -2.37. The van der Waals surface area contributed by atoms with Crippen molar-refractivity contribution in [3.8, 4) is 5.75 Å². The molecule has 2 N–H and O–H groups in total. The third-order valence-electron chi connectivity index (χ3n) is 3.00. The molecule has 1 aromatic carbocycles. The number of rotatable bonds is 6. The average Bonchev–Trinajstić information content (AvgIpc) is 3.27. The fourth-order valence-corrected chi connectivity index (χ4v) is 1.70. The molecule has 2 rings (SSSR count). The molecule has 0 atom stereocenters. The van der Waals surface area contributed by atoms with Crippen molar-refractivity contribution in [2.24, 2.45) is 5.92 Å². The van der Waals surface area contributed by atoms with E-state index in [2.05, 4.69) is 10.6 Å². The Labute approximate surface area is 112 Å². The van der Waals surface area contributed by atoms with Gasteiger partial charge in [-0.15, -0.1) is 0 Å². The maximum Gasteiger partial charge on any atom is 0.239 e. The van der Waals surface area contributed by atoms with Gasteiger partial charge in [0.05, 0.1) is 13.7 Å². The maximum atomic E-state index is 11.6. The molecule has 1 aliphatic carbocycles. The van der Waals surface area contributed by atoms with Crippen molar-refractivity contribution < 1.29 is 14.3 Å². The molecule has 0 saturated heterocycles. The largest absolute Gasteiger partial charge is 0.497 e. The Balaban J connectivity index is 1.71. The molecule has 1 fully saturated rings. The molecular formula is C14H18N2O3. The number of carbonyl (C=O) groups is 2. The Hall–Kier alpha value is -2.04. The molecule has 1 aliphatic rings. The van der Waals surface area contributed by atoms with Crippen LogP contribution in [0.2, 0.25) is 0 Å². The first-order chi connectivity index (χ1) is 9.19. The Kier molecular flexibility index (Phi) is 4.39. The van der Waals surface area contributed by atoms with Crippen molar-refractivity contribution in [2.45, 2.75) is 19.4 Å². The predicted molar refractivity (Wildman–Crippen MR) is 70.6 cm³/mol. The highest BCUT2D eigenvalue weighted by molar-refractivity contribution is 5.86. The van der Waals surface area contributed by atoms with Crippen LogP contribution < -0.4 is 15.4 Å². The van der Waals surface area contributed by atoms with Crippen LogP contribution in [0.1, 0.15) is 18.4 Å². The summed E-state index contributed by atoms with van der Waals surface area (Å²) < 4.78 is 5.10. The molecule has 0 unspecified atom stereocenters. The van der Waals surface area contributed by atoms with Crippen molar-refractivity contribution in [1.82, 2.24) is 10.6 Å². The summed E-state index contributed by atoms with van der Waals surface area (Å²) in [4.78, 5) is 22.9. The van der Waals surface area contributed by atoms with E-state index in [0.29, 0.717) is 6.54 Å². The molecule has 0 aliphatic heterocycles. The summed E-state index contributed by atoms with van der Waals surface area (Å²) in [6, 6.07) is 7.49. The van der Waals surface area contributed by atoms with Gasteiger partial charge in [-0.2, -0.15) is 0 Å². The van der Waals surface area contributed by atoms with Crippen molar-refractivity contribution >= 4 is 11.8 Å². The molecule has 2 amide bonds. The summed E-state index contributed by atoms with van der Waals surface area (Å²) in [6.07, 6.45) is 1.88. The third-order valence-corrected chi connectivity index (χ3v) is 3.00. The molecule has 1 aromatic rings. The van der Waals surface area contributed by atoms with E-state index in [0.717, 1.165) is 24.2 Å². The van der Waals surface area contributed by atoms with E-state index in [4.69, 9.17) is 4.74 Å². The Bertz CT molecular complexity index is 470. The number of methoxy groups -OCH3 is 1. The SMILES string of the molecule is COc1cccc(CNC(=O)CNC(=O)C2CC2)c1. The molecule has 19 heavy (non-hydrogen) atoms. The summed E-state index contributed by atoms with van der Waals surface area (Å²) in [5.74, 6) is 0.688. The van der Waals surface area contributed by atoms with Crippen molar-refractivity contribution in [3.63, 3.8) is 0 Å².